The van der Waals surface area contributed by atoms with Crippen molar-refractivity contribution in [1.29, 1.82) is 0 Å². The topological polar surface area (TPSA) is 37.3 Å². The second-order valence-electron chi connectivity index (χ2n) is 4.36. The Morgan fingerprint density at radius 3 is 2.65 bits per heavy atom. The minimum atomic E-state index is -0.998. The molecule has 104 valence electrons. The lowest BCUT2D eigenvalue weighted by molar-refractivity contribution is -0.138. The highest BCUT2D eigenvalue weighted by Gasteiger charge is 2.22. The summed E-state index contributed by atoms with van der Waals surface area (Å²) in [5, 5.41) is 9.37. The van der Waals surface area contributed by atoms with Crippen molar-refractivity contribution in [2.24, 2.45) is 0 Å². The molecule has 0 fully saturated rings. The summed E-state index contributed by atoms with van der Waals surface area (Å²) in [6, 6.07) is 11.6. The molecule has 2 nitrogen and oxygen atoms in total. The van der Waals surface area contributed by atoms with E-state index in [4.69, 9.17) is 11.6 Å². The molecule has 2 rings (SSSR count). The van der Waals surface area contributed by atoms with Crippen molar-refractivity contribution in [2.75, 3.05) is 0 Å². The Hall–Kier alpha value is -1.39. The maximum absolute atomic E-state index is 13.9. The van der Waals surface area contributed by atoms with E-state index in [1.54, 1.807) is 30.3 Å². The van der Waals surface area contributed by atoms with Crippen LogP contribution in [0.25, 0.3) is 0 Å². The third-order valence-corrected chi connectivity index (χ3v) is 3.79. The molecule has 2 aromatic carbocycles. The number of hydrogen-bond donors (Lipinski definition) is 1. The van der Waals surface area contributed by atoms with Crippen LogP contribution in [0.2, 0.25) is 5.02 Å². The van der Waals surface area contributed by atoms with E-state index in [0.29, 0.717) is 11.1 Å². The van der Waals surface area contributed by atoms with Gasteiger partial charge in [0.1, 0.15) is 5.82 Å². The first-order valence-corrected chi connectivity index (χ1v) is 7.07. The van der Waals surface area contributed by atoms with Gasteiger partial charge in [-0.05, 0) is 35.7 Å². The third-order valence-electron chi connectivity index (χ3n) is 3.00. The highest BCUT2D eigenvalue weighted by atomic mass is 79.9. The van der Waals surface area contributed by atoms with Crippen LogP contribution in [0.15, 0.2) is 46.9 Å². The third kappa shape index (κ3) is 3.38. The number of carbonyl (C=O) groups is 1. The van der Waals surface area contributed by atoms with E-state index in [1.807, 2.05) is 6.07 Å². The van der Waals surface area contributed by atoms with E-state index in [9.17, 15) is 14.3 Å². The van der Waals surface area contributed by atoms with Crippen molar-refractivity contribution in [2.45, 2.75) is 12.3 Å². The summed E-state index contributed by atoms with van der Waals surface area (Å²) >= 11 is 9.02. The lowest BCUT2D eigenvalue weighted by atomic mass is 9.92. The Morgan fingerprint density at radius 1 is 1.30 bits per heavy atom. The predicted molar refractivity (Wildman–Crippen MR) is 79.6 cm³/mol. The Balaban J connectivity index is 2.36. The Labute approximate surface area is 129 Å². The minimum Gasteiger partial charge on any atom is -0.481 e. The number of rotatable bonds is 4. The molecule has 1 unspecified atom stereocenters. The molecule has 0 saturated heterocycles. The highest BCUT2D eigenvalue weighted by molar-refractivity contribution is 9.10. The first kappa shape index (κ1) is 15.0. The molecule has 0 radical (unpaired) electrons. The van der Waals surface area contributed by atoms with Gasteiger partial charge < -0.3 is 5.11 Å². The molecule has 0 aromatic heterocycles. The van der Waals surface area contributed by atoms with Gasteiger partial charge in [-0.25, -0.2) is 4.39 Å². The molecular formula is C15H11BrClFO2. The number of carboxylic acids is 1. The molecule has 0 bridgehead atoms. The number of halogens is 3. The fourth-order valence-electron chi connectivity index (χ4n) is 2.00. The van der Waals surface area contributed by atoms with Gasteiger partial charge in [-0.2, -0.15) is 0 Å². The molecule has 5 heteroatoms. The molecule has 0 saturated carbocycles. The summed E-state index contributed by atoms with van der Waals surface area (Å²) in [5.74, 6) is -2.38. The summed E-state index contributed by atoms with van der Waals surface area (Å²) in [7, 11) is 0. The Morgan fingerprint density at radius 2 is 2.00 bits per heavy atom. The van der Waals surface area contributed by atoms with Crippen LogP contribution in [-0.4, -0.2) is 11.1 Å². The fraction of sp³-hybridized carbons (Fsp3) is 0.133. The summed E-state index contributed by atoms with van der Waals surface area (Å²) in [6.07, 6.45) is 0.0537. The summed E-state index contributed by atoms with van der Waals surface area (Å²) < 4.78 is 14.7. The van der Waals surface area contributed by atoms with E-state index in [-0.39, 0.29) is 11.4 Å². The van der Waals surface area contributed by atoms with Gasteiger partial charge in [0.15, 0.2) is 0 Å². The normalized spacial score (nSPS) is 12.2. The van der Waals surface area contributed by atoms with Gasteiger partial charge in [-0.3, -0.25) is 4.79 Å². The van der Waals surface area contributed by atoms with E-state index >= 15 is 0 Å². The molecule has 0 spiro atoms. The van der Waals surface area contributed by atoms with Crippen LogP contribution in [-0.2, 0) is 11.2 Å². The number of benzene rings is 2. The van der Waals surface area contributed by atoms with Crippen molar-refractivity contribution >= 4 is 33.5 Å². The van der Waals surface area contributed by atoms with Gasteiger partial charge in [-0.15, -0.1) is 0 Å². The number of carboxylic acid groups (broad SMARTS) is 1. The Bertz CT molecular complexity index is 646. The average Bonchev–Trinajstić information content (AvgIpc) is 2.40. The molecule has 0 aliphatic rings. The van der Waals surface area contributed by atoms with Crippen LogP contribution in [0.1, 0.15) is 17.0 Å². The maximum Gasteiger partial charge on any atom is 0.311 e. The summed E-state index contributed by atoms with van der Waals surface area (Å²) in [4.78, 5) is 11.4. The van der Waals surface area contributed by atoms with E-state index in [2.05, 4.69) is 15.9 Å². The second-order valence-corrected chi connectivity index (χ2v) is 5.69. The molecule has 20 heavy (non-hydrogen) atoms. The summed E-state index contributed by atoms with van der Waals surface area (Å²) in [5.41, 5.74) is 0.913. The van der Waals surface area contributed by atoms with Gasteiger partial charge in [0.05, 0.1) is 10.9 Å². The number of hydrogen-bond acceptors (Lipinski definition) is 1. The second kappa shape index (κ2) is 6.37. The van der Waals surface area contributed by atoms with Crippen molar-refractivity contribution in [1.82, 2.24) is 0 Å². The van der Waals surface area contributed by atoms with Crippen LogP contribution in [0.3, 0.4) is 0 Å². The van der Waals surface area contributed by atoms with E-state index in [1.165, 1.54) is 6.07 Å². The zero-order chi connectivity index (χ0) is 14.7. The van der Waals surface area contributed by atoms with Crippen LogP contribution >= 0.6 is 27.5 Å². The van der Waals surface area contributed by atoms with Gasteiger partial charge in [0, 0.05) is 4.47 Å². The SMILES string of the molecule is O=C(O)C(Cc1cccc(Cl)c1F)c1cccc(Br)c1. The van der Waals surface area contributed by atoms with Crippen molar-refractivity contribution in [3.8, 4) is 0 Å². The Kier molecular flexibility index (Phi) is 4.78. The largest absolute Gasteiger partial charge is 0.481 e. The van der Waals surface area contributed by atoms with Gasteiger partial charge in [0.25, 0.3) is 0 Å². The van der Waals surface area contributed by atoms with Gasteiger partial charge in [0.2, 0.25) is 0 Å². The molecule has 0 heterocycles. The molecule has 2 aromatic rings. The smallest absolute Gasteiger partial charge is 0.311 e. The molecule has 1 atom stereocenters. The standard InChI is InChI=1S/C15H11BrClFO2/c16-11-5-1-3-9(7-11)12(15(19)20)8-10-4-2-6-13(17)14(10)18/h1-7,12H,8H2,(H,19,20). The van der Waals surface area contributed by atoms with Gasteiger partial charge in [-0.1, -0.05) is 51.8 Å². The monoisotopic (exact) mass is 356 g/mol. The summed E-state index contributed by atoms with van der Waals surface area (Å²) in [6.45, 7) is 0. The number of aliphatic carboxylic acids is 1. The fourth-order valence-corrected chi connectivity index (χ4v) is 2.61. The van der Waals surface area contributed by atoms with Crippen LogP contribution in [0.5, 0.6) is 0 Å². The van der Waals surface area contributed by atoms with Crippen molar-refractivity contribution in [3.63, 3.8) is 0 Å². The highest BCUT2D eigenvalue weighted by Crippen LogP contribution is 2.27. The van der Waals surface area contributed by atoms with Crippen molar-refractivity contribution in [3.05, 3.63) is 68.9 Å². The van der Waals surface area contributed by atoms with Crippen molar-refractivity contribution < 1.29 is 14.3 Å². The first-order valence-electron chi connectivity index (χ1n) is 5.90. The average molecular weight is 358 g/mol. The molecule has 1 N–H and O–H groups in total. The first-order chi connectivity index (χ1) is 9.49. The minimum absolute atomic E-state index is 0.000816. The van der Waals surface area contributed by atoms with Crippen LogP contribution in [0.4, 0.5) is 4.39 Å². The van der Waals surface area contributed by atoms with Crippen LogP contribution in [0, 0.1) is 5.82 Å². The molecule has 0 aliphatic carbocycles. The van der Waals surface area contributed by atoms with E-state index in [0.717, 1.165) is 4.47 Å². The predicted octanol–water partition coefficient (Wildman–Crippen LogP) is 4.65. The molecule has 0 aliphatic heterocycles. The molecular weight excluding hydrogens is 347 g/mol. The molecule has 0 amide bonds. The zero-order valence-electron chi connectivity index (χ0n) is 10.3. The lowest BCUT2D eigenvalue weighted by Gasteiger charge is -2.14. The van der Waals surface area contributed by atoms with E-state index < -0.39 is 17.7 Å². The lowest BCUT2D eigenvalue weighted by Crippen LogP contribution is -2.15. The van der Waals surface area contributed by atoms with Crippen LogP contribution < -0.4 is 0 Å². The maximum atomic E-state index is 13.9. The zero-order valence-corrected chi connectivity index (χ0v) is 12.7. The van der Waals surface area contributed by atoms with Gasteiger partial charge >= 0.3 is 5.97 Å². The quantitative estimate of drug-likeness (QED) is 0.864.